The lowest BCUT2D eigenvalue weighted by Gasteiger charge is -2.13. The maximum atomic E-state index is 12.1. The summed E-state index contributed by atoms with van der Waals surface area (Å²) in [6.07, 6.45) is 0. The molecule has 0 spiro atoms. The second-order valence-corrected chi connectivity index (χ2v) is 5.74. The van der Waals surface area contributed by atoms with E-state index in [4.69, 9.17) is 23.2 Å². The molecule has 24 heavy (non-hydrogen) atoms. The summed E-state index contributed by atoms with van der Waals surface area (Å²) in [6, 6.07) is 14.5. The van der Waals surface area contributed by atoms with Crippen molar-refractivity contribution in [2.45, 2.75) is 0 Å². The van der Waals surface area contributed by atoms with Crippen molar-refractivity contribution in [2.24, 2.45) is 7.05 Å². The van der Waals surface area contributed by atoms with Crippen LogP contribution in [0.15, 0.2) is 53.3 Å². The molecule has 0 saturated heterocycles. The summed E-state index contributed by atoms with van der Waals surface area (Å²) >= 11 is 12.4. The monoisotopic (exact) mass is 361 g/mol. The van der Waals surface area contributed by atoms with E-state index in [-0.39, 0.29) is 5.95 Å². The van der Waals surface area contributed by atoms with Gasteiger partial charge in [-0.15, -0.1) is 0 Å². The van der Waals surface area contributed by atoms with E-state index in [1.807, 2.05) is 30.3 Å². The van der Waals surface area contributed by atoms with Gasteiger partial charge < -0.3 is 0 Å². The van der Waals surface area contributed by atoms with E-state index in [9.17, 15) is 4.79 Å². The van der Waals surface area contributed by atoms with Gasteiger partial charge in [-0.05, 0) is 24.3 Å². The first kappa shape index (κ1) is 16.3. The average molecular weight is 362 g/mol. The number of hydrazine groups is 1. The van der Waals surface area contributed by atoms with Gasteiger partial charge in [0.25, 0.3) is 0 Å². The van der Waals surface area contributed by atoms with Crippen LogP contribution < -0.4 is 16.5 Å². The van der Waals surface area contributed by atoms with Gasteiger partial charge in [0, 0.05) is 7.05 Å². The van der Waals surface area contributed by atoms with Crippen molar-refractivity contribution >= 4 is 34.8 Å². The molecule has 0 amide bonds. The number of hydrogen-bond acceptors (Lipinski definition) is 5. The highest BCUT2D eigenvalue weighted by molar-refractivity contribution is 6.39. The fourth-order valence-corrected chi connectivity index (χ4v) is 2.66. The van der Waals surface area contributed by atoms with Crippen LogP contribution in [0.4, 0.5) is 11.6 Å². The first-order chi connectivity index (χ1) is 11.6. The Labute approximate surface area is 148 Å². The predicted molar refractivity (Wildman–Crippen MR) is 96.4 cm³/mol. The summed E-state index contributed by atoms with van der Waals surface area (Å²) in [5.41, 5.74) is 6.54. The standard InChI is InChI=1S/C16H13Cl2N5O/c1-23-14(13-11(17)8-5-9-12(13)18)19-15(20-16(23)24)22-21-10-6-3-2-4-7-10/h2-9,21H,1H3,(H,20,22,24). The topological polar surface area (TPSA) is 71.8 Å². The molecule has 0 aliphatic carbocycles. The summed E-state index contributed by atoms with van der Waals surface area (Å²) in [4.78, 5) is 20.3. The molecule has 0 atom stereocenters. The molecule has 1 aromatic heterocycles. The van der Waals surface area contributed by atoms with Gasteiger partial charge >= 0.3 is 5.69 Å². The second-order valence-electron chi connectivity index (χ2n) is 4.93. The number of anilines is 2. The smallest absolute Gasteiger partial charge is 0.298 e. The Balaban J connectivity index is 1.99. The van der Waals surface area contributed by atoms with Crippen LogP contribution in [0, 0.1) is 0 Å². The van der Waals surface area contributed by atoms with E-state index in [0.717, 1.165) is 5.69 Å². The first-order valence-electron chi connectivity index (χ1n) is 7.03. The van der Waals surface area contributed by atoms with Crippen LogP contribution in [0.1, 0.15) is 0 Å². The summed E-state index contributed by atoms with van der Waals surface area (Å²) in [7, 11) is 1.56. The van der Waals surface area contributed by atoms with Crippen LogP contribution in [-0.2, 0) is 7.05 Å². The van der Waals surface area contributed by atoms with Crippen LogP contribution in [0.3, 0.4) is 0 Å². The summed E-state index contributed by atoms with van der Waals surface area (Å²) < 4.78 is 1.29. The van der Waals surface area contributed by atoms with Gasteiger partial charge in [0.05, 0.1) is 21.3 Å². The van der Waals surface area contributed by atoms with Crippen LogP contribution in [0.5, 0.6) is 0 Å². The Bertz CT molecular complexity index is 907. The summed E-state index contributed by atoms with van der Waals surface area (Å²) in [5.74, 6) is 0.441. The Morgan fingerprint density at radius 1 is 0.917 bits per heavy atom. The average Bonchev–Trinajstić information content (AvgIpc) is 2.57. The van der Waals surface area contributed by atoms with Gasteiger partial charge in [0.2, 0.25) is 5.95 Å². The van der Waals surface area contributed by atoms with E-state index in [2.05, 4.69) is 20.8 Å². The minimum absolute atomic E-state index is 0.118. The maximum Gasteiger partial charge on any atom is 0.352 e. The second kappa shape index (κ2) is 6.90. The van der Waals surface area contributed by atoms with Crippen LogP contribution >= 0.6 is 23.2 Å². The zero-order valence-corrected chi connectivity index (χ0v) is 14.1. The molecule has 0 aliphatic rings. The van der Waals surface area contributed by atoms with Crippen molar-refractivity contribution in [1.82, 2.24) is 14.5 Å². The fourth-order valence-electron chi connectivity index (χ4n) is 2.10. The molecular formula is C16H13Cl2N5O. The highest BCUT2D eigenvalue weighted by Crippen LogP contribution is 2.32. The molecule has 0 radical (unpaired) electrons. The lowest BCUT2D eigenvalue weighted by atomic mass is 10.2. The Kier molecular flexibility index (Phi) is 4.69. The predicted octanol–water partition coefficient (Wildman–Crippen LogP) is 3.59. The van der Waals surface area contributed by atoms with Crippen molar-refractivity contribution in [3.63, 3.8) is 0 Å². The largest absolute Gasteiger partial charge is 0.352 e. The molecule has 0 bridgehead atoms. The molecule has 2 N–H and O–H groups in total. The number of halogens is 2. The van der Waals surface area contributed by atoms with Gasteiger partial charge in [0.1, 0.15) is 0 Å². The molecule has 2 aromatic carbocycles. The number of hydrogen-bond donors (Lipinski definition) is 2. The van der Waals surface area contributed by atoms with Gasteiger partial charge in [-0.1, -0.05) is 47.5 Å². The molecule has 3 rings (SSSR count). The molecule has 0 aliphatic heterocycles. The Morgan fingerprint density at radius 3 is 2.25 bits per heavy atom. The fraction of sp³-hybridized carbons (Fsp3) is 0.0625. The highest BCUT2D eigenvalue weighted by atomic mass is 35.5. The first-order valence-corrected chi connectivity index (χ1v) is 7.78. The number of para-hydroxylation sites is 1. The third-order valence-corrected chi connectivity index (χ3v) is 3.93. The quantitative estimate of drug-likeness (QED) is 0.694. The summed E-state index contributed by atoms with van der Waals surface area (Å²) in [6.45, 7) is 0. The molecule has 8 heteroatoms. The molecule has 1 heterocycles. The zero-order valence-electron chi connectivity index (χ0n) is 12.6. The lowest BCUT2D eigenvalue weighted by molar-refractivity contribution is 0.786. The minimum atomic E-state index is -0.478. The van der Waals surface area contributed by atoms with E-state index < -0.39 is 5.69 Å². The highest BCUT2D eigenvalue weighted by Gasteiger charge is 2.15. The van der Waals surface area contributed by atoms with E-state index in [1.54, 1.807) is 25.2 Å². The molecule has 0 saturated carbocycles. The van der Waals surface area contributed by atoms with Gasteiger partial charge in [-0.2, -0.15) is 9.97 Å². The molecule has 122 valence electrons. The van der Waals surface area contributed by atoms with Crippen molar-refractivity contribution < 1.29 is 0 Å². The van der Waals surface area contributed by atoms with E-state index >= 15 is 0 Å². The van der Waals surface area contributed by atoms with E-state index in [0.29, 0.717) is 21.4 Å². The number of nitrogens with zero attached hydrogens (tertiary/aromatic N) is 3. The van der Waals surface area contributed by atoms with Crippen LogP contribution in [-0.4, -0.2) is 14.5 Å². The number of aromatic nitrogens is 3. The molecular weight excluding hydrogens is 349 g/mol. The molecule has 0 fully saturated rings. The SMILES string of the molecule is Cn1c(-c2c(Cl)cccc2Cl)nc(NNc2ccccc2)nc1=O. The van der Waals surface area contributed by atoms with E-state index in [1.165, 1.54) is 4.57 Å². The van der Waals surface area contributed by atoms with Gasteiger partial charge in [0.15, 0.2) is 5.82 Å². The molecule has 0 unspecified atom stereocenters. The Hall–Kier alpha value is -2.57. The van der Waals surface area contributed by atoms with Crippen molar-refractivity contribution in [3.05, 3.63) is 69.1 Å². The van der Waals surface area contributed by atoms with Crippen molar-refractivity contribution in [1.29, 1.82) is 0 Å². The zero-order chi connectivity index (χ0) is 17.1. The van der Waals surface area contributed by atoms with Crippen LogP contribution in [0.25, 0.3) is 11.4 Å². The normalized spacial score (nSPS) is 10.5. The Morgan fingerprint density at radius 2 is 1.58 bits per heavy atom. The third kappa shape index (κ3) is 3.34. The maximum absolute atomic E-state index is 12.1. The van der Waals surface area contributed by atoms with Crippen molar-refractivity contribution in [2.75, 3.05) is 10.9 Å². The van der Waals surface area contributed by atoms with Gasteiger partial charge in [-0.3, -0.25) is 15.4 Å². The molecule has 6 nitrogen and oxygen atoms in total. The number of benzene rings is 2. The number of rotatable bonds is 4. The van der Waals surface area contributed by atoms with Crippen LogP contribution in [0.2, 0.25) is 10.0 Å². The third-order valence-electron chi connectivity index (χ3n) is 3.30. The lowest BCUT2D eigenvalue weighted by Crippen LogP contribution is -2.26. The summed E-state index contributed by atoms with van der Waals surface area (Å²) in [5, 5.41) is 0.802. The molecule has 3 aromatic rings. The minimum Gasteiger partial charge on any atom is -0.298 e. The van der Waals surface area contributed by atoms with Gasteiger partial charge in [-0.25, -0.2) is 4.79 Å². The number of nitrogens with one attached hydrogen (secondary N) is 2. The van der Waals surface area contributed by atoms with Crippen molar-refractivity contribution in [3.8, 4) is 11.4 Å².